The summed E-state index contributed by atoms with van der Waals surface area (Å²) in [5, 5.41) is 10.5. The van der Waals surface area contributed by atoms with E-state index in [2.05, 4.69) is 40.2 Å². The zero-order chi connectivity index (χ0) is 17.1. The van der Waals surface area contributed by atoms with Gasteiger partial charge in [0.05, 0.1) is 0 Å². The SMILES string of the molecule is Oc1ccc(C2=CCN(Cc3cnc(-c4ccccc4)s3)CC2)cc1. The van der Waals surface area contributed by atoms with Crippen molar-refractivity contribution in [2.24, 2.45) is 0 Å². The molecule has 1 aliphatic rings. The second-order valence-electron chi connectivity index (χ2n) is 6.26. The molecule has 0 radical (unpaired) electrons. The molecular formula is C21H20N2OS. The van der Waals surface area contributed by atoms with E-state index in [-0.39, 0.29) is 0 Å². The van der Waals surface area contributed by atoms with Crippen LogP contribution in [-0.4, -0.2) is 28.1 Å². The van der Waals surface area contributed by atoms with Gasteiger partial charge in [-0.15, -0.1) is 11.3 Å². The Morgan fingerprint density at radius 3 is 2.52 bits per heavy atom. The van der Waals surface area contributed by atoms with Crippen LogP contribution in [0.4, 0.5) is 0 Å². The van der Waals surface area contributed by atoms with E-state index in [1.807, 2.05) is 24.4 Å². The molecule has 2 heterocycles. The van der Waals surface area contributed by atoms with E-state index in [4.69, 9.17) is 0 Å². The third-order valence-corrected chi connectivity index (χ3v) is 5.52. The van der Waals surface area contributed by atoms with Crippen molar-refractivity contribution >= 4 is 16.9 Å². The van der Waals surface area contributed by atoms with Crippen molar-refractivity contribution in [3.05, 3.63) is 77.3 Å². The molecule has 3 nitrogen and oxygen atoms in total. The summed E-state index contributed by atoms with van der Waals surface area (Å²) in [6.45, 7) is 2.95. The number of benzene rings is 2. The first-order chi connectivity index (χ1) is 12.3. The van der Waals surface area contributed by atoms with Crippen molar-refractivity contribution < 1.29 is 5.11 Å². The Morgan fingerprint density at radius 1 is 1.00 bits per heavy atom. The number of thiazole rings is 1. The molecule has 4 rings (SSSR count). The van der Waals surface area contributed by atoms with Gasteiger partial charge in [0.15, 0.2) is 0 Å². The first kappa shape index (κ1) is 16.1. The molecule has 0 bridgehead atoms. The summed E-state index contributed by atoms with van der Waals surface area (Å²) >= 11 is 1.78. The largest absolute Gasteiger partial charge is 0.508 e. The van der Waals surface area contributed by atoms with E-state index in [0.29, 0.717) is 5.75 Å². The molecule has 2 aromatic carbocycles. The number of rotatable bonds is 4. The average Bonchev–Trinajstić information content (AvgIpc) is 3.12. The minimum Gasteiger partial charge on any atom is -0.508 e. The fraction of sp³-hybridized carbons (Fsp3) is 0.190. The number of aromatic hydroxyl groups is 1. The number of phenols is 1. The molecule has 0 fully saturated rings. The van der Waals surface area contributed by atoms with Crippen molar-refractivity contribution in [2.45, 2.75) is 13.0 Å². The van der Waals surface area contributed by atoms with Gasteiger partial charge in [-0.25, -0.2) is 4.98 Å². The van der Waals surface area contributed by atoms with Crippen LogP contribution in [0.3, 0.4) is 0 Å². The third-order valence-electron chi connectivity index (χ3n) is 4.49. The molecular weight excluding hydrogens is 328 g/mol. The van der Waals surface area contributed by atoms with Crippen LogP contribution in [-0.2, 0) is 6.54 Å². The van der Waals surface area contributed by atoms with Crippen LogP contribution < -0.4 is 0 Å². The van der Waals surface area contributed by atoms with E-state index in [1.165, 1.54) is 21.6 Å². The van der Waals surface area contributed by atoms with Crippen molar-refractivity contribution in [2.75, 3.05) is 13.1 Å². The molecule has 0 saturated heterocycles. The lowest BCUT2D eigenvalue weighted by molar-refractivity contribution is 0.296. The summed E-state index contributed by atoms with van der Waals surface area (Å²) in [5.74, 6) is 0.321. The van der Waals surface area contributed by atoms with Crippen molar-refractivity contribution in [3.8, 4) is 16.3 Å². The number of aromatic nitrogens is 1. The molecule has 25 heavy (non-hydrogen) atoms. The third kappa shape index (κ3) is 3.81. The highest BCUT2D eigenvalue weighted by Gasteiger charge is 2.15. The predicted octanol–water partition coefficient (Wildman–Crippen LogP) is 4.81. The van der Waals surface area contributed by atoms with Gasteiger partial charge in [-0.1, -0.05) is 48.5 Å². The van der Waals surface area contributed by atoms with Gasteiger partial charge < -0.3 is 5.11 Å². The average molecular weight is 348 g/mol. The molecule has 1 aromatic heterocycles. The minimum atomic E-state index is 0.321. The Hall–Kier alpha value is -2.43. The van der Waals surface area contributed by atoms with Gasteiger partial charge in [0, 0.05) is 36.3 Å². The normalized spacial score (nSPS) is 15.1. The zero-order valence-electron chi connectivity index (χ0n) is 13.9. The molecule has 0 saturated carbocycles. The Labute approximate surface area is 151 Å². The van der Waals surface area contributed by atoms with Gasteiger partial charge in [0.2, 0.25) is 0 Å². The maximum absolute atomic E-state index is 9.41. The maximum atomic E-state index is 9.41. The van der Waals surface area contributed by atoms with Gasteiger partial charge in [0.1, 0.15) is 10.8 Å². The maximum Gasteiger partial charge on any atom is 0.123 e. The summed E-state index contributed by atoms with van der Waals surface area (Å²) in [4.78, 5) is 8.33. The number of hydrogen-bond donors (Lipinski definition) is 1. The molecule has 0 atom stereocenters. The number of phenolic OH excluding ortho intramolecular Hbond substituents is 1. The fourth-order valence-electron chi connectivity index (χ4n) is 3.11. The monoisotopic (exact) mass is 348 g/mol. The number of nitrogens with zero attached hydrogens (tertiary/aromatic N) is 2. The summed E-state index contributed by atoms with van der Waals surface area (Å²) in [6.07, 6.45) is 5.34. The van der Waals surface area contributed by atoms with Crippen molar-refractivity contribution in [1.82, 2.24) is 9.88 Å². The van der Waals surface area contributed by atoms with E-state index in [9.17, 15) is 5.11 Å². The van der Waals surface area contributed by atoms with Crippen LogP contribution in [0, 0.1) is 0 Å². The molecule has 0 aliphatic carbocycles. The molecule has 0 amide bonds. The minimum absolute atomic E-state index is 0.321. The van der Waals surface area contributed by atoms with Crippen molar-refractivity contribution in [3.63, 3.8) is 0 Å². The quantitative estimate of drug-likeness (QED) is 0.735. The standard InChI is InChI=1S/C21H20N2OS/c24-19-8-6-16(7-9-19)17-10-12-23(13-11-17)15-20-14-22-21(25-20)18-4-2-1-3-5-18/h1-10,14,24H,11-13,15H2. The summed E-state index contributed by atoms with van der Waals surface area (Å²) in [6, 6.07) is 17.8. The molecule has 126 valence electrons. The van der Waals surface area contributed by atoms with Crippen LogP contribution in [0.5, 0.6) is 5.75 Å². The Bertz CT molecular complexity index is 868. The Balaban J connectivity index is 1.40. The second-order valence-corrected chi connectivity index (χ2v) is 7.37. The molecule has 1 N–H and O–H groups in total. The van der Waals surface area contributed by atoms with Crippen LogP contribution in [0.2, 0.25) is 0 Å². The van der Waals surface area contributed by atoms with Gasteiger partial charge in [-0.05, 0) is 29.7 Å². The smallest absolute Gasteiger partial charge is 0.123 e. The fourth-order valence-corrected chi connectivity index (χ4v) is 4.07. The van der Waals surface area contributed by atoms with Gasteiger partial charge in [-0.2, -0.15) is 0 Å². The Kier molecular flexibility index (Phi) is 4.63. The first-order valence-electron chi connectivity index (χ1n) is 8.49. The highest BCUT2D eigenvalue weighted by Crippen LogP contribution is 2.28. The van der Waals surface area contributed by atoms with Gasteiger partial charge in [-0.3, -0.25) is 4.90 Å². The van der Waals surface area contributed by atoms with Crippen LogP contribution in [0.25, 0.3) is 16.1 Å². The van der Waals surface area contributed by atoms with Crippen LogP contribution >= 0.6 is 11.3 Å². The predicted molar refractivity (Wildman–Crippen MR) is 104 cm³/mol. The van der Waals surface area contributed by atoms with E-state index in [0.717, 1.165) is 31.1 Å². The van der Waals surface area contributed by atoms with Crippen molar-refractivity contribution in [1.29, 1.82) is 0 Å². The number of hydrogen-bond acceptors (Lipinski definition) is 4. The molecule has 0 unspecified atom stereocenters. The first-order valence-corrected chi connectivity index (χ1v) is 9.30. The highest BCUT2D eigenvalue weighted by atomic mass is 32.1. The zero-order valence-corrected chi connectivity index (χ0v) is 14.7. The van der Waals surface area contributed by atoms with E-state index < -0.39 is 0 Å². The lowest BCUT2D eigenvalue weighted by Crippen LogP contribution is -2.27. The summed E-state index contributed by atoms with van der Waals surface area (Å²) in [7, 11) is 0. The van der Waals surface area contributed by atoms with Gasteiger partial charge >= 0.3 is 0 Å². The molecule has 3 aromatic rings. The van der Waals surface area contributed by atoms with Crippen LogP contribution in [0.15, 0.2) is 66.9 Å². The topological polar surface area (TPSA) is 36.4 Å². The highest BCUT2D eigenvalue weighted by molar-refractivity contribution is 7.15. The van der Waals surface area contributed by atoms with E-state index >= 15 is 0 Å². The Morgan fingerprint density at radius 2 is 1.80 bits per heavy atom. The molecule has 1 aliphatic heterocycles. The van der Waals surface area contributed by atoms with Crippen LogP contribution in [0.1, 0.15) is 16.9 Å². The van der Waals surface area contributed by atoms with Gasteiger partial charge in [0.25, 0.3) is 0 Å². The molecule has 4 heteroatoms. The van der Waals surface area contributed by atoms with E-state index in [1.54, 1.807) is 23.5 Å². The lowest BCUT2D eigenvalue weighted by Gasteiger charge is -2.25. The lowest BCUT2D eigenvalue weighted by atomic mass is 9.99. The summed E-state index contributed by atoms with van der Waals surface area (Å²) < 4.78 is 0. The summed E-state index contributed by atoms with van der Waals surface area (Å²) in [5.41, 5.74) is 3.76. The molecule has 0 spiro atoms. The second kappa shape index (κ2) is 7.21.